The molecule has 1 aromatic carbocycles. The van der Waals surface area contributed by atoms with Crippen LogP contribution in [-0.4, -0.2) is 6.04 Å². The van der Waals surface area contributed by atoms with Crippen LogP contribution in [-0.2, 0) is 12.7 Å². The first-order valence-corrected chi connectivity index (χ1v) is 6.20. The van der Waals surface area contributed by atoms with Crippen LogP contribution < -0.4 is 5.32 Å². The van der Waals surface area contributed by atoms with Gasteiger partial charge >= 0.3 is 6.18 Å². The third-order valence-corrected chi connectivity index (χ3v) is 3.15. The highest BCUT2D eigenvalue weighted by Crippen LogP contribution is 2.30. The lowest BCUT2D eigenvalue weighted by molar-refractivity contribution is -0.137. The van der Waals surface area contributed by atoms with Gasteiger partial charge in [-0.05, 0) is 43.0 Å². The van der Waals surface area contributed by atoms with Crippen LogP contribution in [0.25, 0.3) is 0 Å². The van der Waals surface area contributed by atoms with Gasteiger partial charge in [-0.3, -0.25) is 0 Å². The molecule has 0 heterocycles. The van der Waals surface area contributed by atoms with Crippen LogP contribution in [0.5, 0.6) is 0 Å². The van der Waals surface area contributed by atoms with Gasteiger partial charge in [-0.15, -0.1) is 0 Å². The second-order valence-electron chi connectivity index (χ2n) is 4.71. The maximum atomic E-state index is 13.2. The quantitative estimate of drug-likeness (QED) is 0.647. The average molecular weight is 273 g/mol. The first-order valence-electron chi connectivity index (χ1n) is 6.20. The van der Waals surface area contributed by atoms with E-state index in [0.29, 0.717) is 11.6 Å². The lowest BCUT2D eigenvalue weighted by Crippen LogP contribution is -2.29. The van der Waals surface area contributed by atoms with Gasteiger partial charge in [0.05, 0.1) is 5.56 Å². The van der Waals surface area contributed by atoms with Crippen molar-refractivity contribution >= 4 is 0 Å². The number of benzene rings is 1. The van der Waals surface area contributed by atoms with Gasteiger partial charge in [0, 0.05) is 12.6 Å². The minimum Gasteiger partial charge on any atom is -0.310 e. The second kappa shape index (κ2) is 5.74. The highest BCUT2D eigenvalue weighted by atomic mass is 19.4. The van der Waals surface area contributed by atoms with E-state index in [9.17, 15) is 17.6 Å². The van der Waals surface area contributed by atoms with Crippen LogP contribution in [0.1, 0.15) is 30.4 Å². The van der Waals surface area contributed by atoms with Gasteiger partial charge in [-0.1, -0.05) is 12.2 Å². The van der Waals surface area contributed by atoms with E-state index in [1.165, 1.54) is 0 Å². The molecule has 0 amide bonds. The molecule has 1 atom stereocenters. The van der Waals surface area contributed by atoms with Crippen LogP contribution in [0.3, 0.4) is 0 Å². The first-order chi connectivity index (χ1) is 8.95. The summed E-state index contributed by atoms with van der Waals surface area (Å²) in [6.07, 6.45) is 2.41. The van der Waals surface area contributed by atoms with E-state index in [4.69, 9.17) is 0 Å². The maximum absolute atomic E-state index is 13.2. The van der Waals surface area contributed by atoms with Gasteiger partial charge < -0.3 is 5.32 Å². The molecule has 1 unspecified atom stereocenters. The summed E-state index contributed by atoms with van der Waals surface area (Å²) in [5, 5.41) is 3.16. The normalized spacial score (nSPS) is 19.7. The number of nitrogens with one attached hydrogen (secondary N) is 1. The highest BCUT2D eigenvalue weighted by Gasteiger charge is 2.31. The smallest absolute Gasteiger partial charge is 0.310 e. The van der Waals surface area contributed by atoms with E-state index >= 15 is 0 Å². The van der Waals surface area contributed by atoms with Crippen molar-refractivity contribution in [3.05, 3.63) is 47.3 Å². The molecule has 0 saturated heterocycles. The van der Waals surface area contributed by atoms with Crippen LogP contribution >= 0.6 is 0 Å². The van der Waals surface area contributed by atoms with E-state index in [1.807, 2.05) is 6.08 Å². The molecule has 104 valence electrons. The third-order valence-electron chi connectivity index (χ3n) is 3.15. The van der Waals surface area contributed by atoms with Crippen molar-refractivity contribution in [2.75, 3.05) is 0 Å². The lowest BCUT2D eigenvalue weighted by atomic mass is 10.0. The fourth-order valence-electron chi connectivity index (χ4n) is 2.16. The molecular formula is C14H15F4N. The van der Waals surface area contributed by atoms with E-state index in [2.05, 4.69) is 11.4 Å². The van der Waals surface area contributed by atoms with Gasteiger partial charge in [-0.2, -0.15) is 13.2 Å². The number of allylic oxidation sites excluding steroid dienone is 1. The molecule has 0 bridgehead atoms. The van der Waals surface area contributed by atoms with Crippen molar-refractivity contribution in [1.29, 1.82) is 0 Å². The summed E-state index contributed by atoms with van der Waals surface area (Å²) in [4.78, 5) is 0. The minimum atomic E-state index is -4.51. The summed E-state index contributed by atoms with van der Waals surface area (Å²) in [5.41, 5.74) is -0.616. The fourth-order valence-corrected chi connectivity index (χ4v) is 2.16. The molecule has 1 aliphatic rings. The zero-order chi connectivity index (χ0) is 13.9. The first kappa shape index (κ1) is 14.1. The molecule has 1 aromatic rings. The Morgan fingerprint density at radius 2 is 1.95 bits per heavy atom. The predicted octanol–water partition coefficient (Wildman–Crippen LogP) is 4.04. The molecule has 0 fully saturated rings. The molecule has 0 spiro atoms. The van der Waals surface area contributed by atoms with Crippen molar-refractivity contribution in [2.24, 2.45) is 0 Å². The van der Waals surface area contributed by atoms with Gasteiger partial charge in [0.2, 0.25) is 0 Å². The molecule has 0 radical (unpaired) electrons. The number of hydrogen-bond donors (Lipinski definition) is 1. The summed E-state index contributed by atoms with van der Waals surface area (Å²) in [6.45, 7) is 0.249. The van der Waals surface area contributed by atoms with Crippen molar-refractivity contribution in [3.63, 3.8) is 0 Å². The standard InChI is InChI=1S/C14H15F4N/c15-12-7-10(6-11(8-12)14(16,17)18)9-19-13-4-2-1-3-5-13/h1-2,6-8,13,19H,3-5,9H2. The number of hydrogen-bond acceptors (Lipinski definition) is 1. The Kier molecular flexibility index (Phi) is 4.24. The molecule has 2 rings (SSSR count). The van der Waals surface area contributed by atoms with E-state index in [1.54, 1.807) is 0 Å². The summed E-state index contributed by atoms with van der Waals surface area (Å²) >= 11 is 0. The Morgan fingerprint density at radius 1 is 1.16 bits per heavy atom. The zero-order valence-electron chi connectivity index (χ0n) is 10.3. The summed E-state index contributed by atoms with van der Waals surface area (Å²) in [5.74, 6) is -0.852. The molecule has 1 N–H and O–H groups in total. The Morgan fingerprint density at radius 3 is 2.58 bits per heavy atom. The summed E-state index contributed by atoms with van der Waals surface area (Å²) in [6, 6.07) is 2.91. The lowest BCUT2D eigenvalue weighted by Gasteiger charge is -2.19. The monoisotopic (exact) mass is 273 g/mol. The summed E-state index contributed by atoms with van der Waals surface area (Å²) in [7, 11) is 0. The zero-order valence-corrected chi connectivity index (χ0v) is 10.3. The predicted molar refractivity (Wildman–Crippen MR) is 65.0 cm³/mol. The topological polar surface area (TPSA) is 12.0 Å². The van der Waals surface area contributed by atoms with Crippen LogP contribution in [0.15, 0.2) is 30.4 Å². The molecule has 0 saturated carbocycles. The molecule has 0 aliphatic heterocycles. The van der Waals surface area contributed by atoms with Gasteiger partial charge in [0.1, 0.15) is 5.82 Å². The minimum absolute atomic E-state index is 0.249. The maximum Gasteiger partial charge on any atom is 0.416 e. The van der Waals surface area contributed by atoms with Crippen molar-refractivity contribution < 1.29 is 17.6 Å². The molecule has 0 aromatic heterocycles. The molecule has 5 heteroatoms. The molecule has 1 aliphatic carbocycles. The van der Waals surface area contributed by atoms with Gasteiger partial charge in [0.15, 0.2) is 0 Å². The van der Waals surface area contributed by atoms with Crippen molar-refractivity contribution in [3.8, 4) is 0 Å². The van der Waals surface area contributed by atoms with Crippen molar-refractivity contribution in [1.82, 2.24) is 5.32 Å². The van der Waals surface area contributed by atoms with E-state index in [0.717, 1.165) is 31.4 Å². The van der Waals surface area contributed by atoms with Gasteiger partial charge in [0.25, 0.3) is 0 Å². The van der Waals surface area contributed by atoms with Crippen LogP contribution in [0.4, 0.5) is 17.6 Å². The number of rotatable bonds is 3. The van der Waals surface area contributed by atoms with Crippen LogP contribution in [0.2, 0.25) is 0 Å². The van der Waals surface area contributed by atoms with Crippen molar-refractivity contribution in [2.45, 2.75) is 38.0 Å². The molecule has 1 nitrogen and oxygen atoms in total. The fraction of sp³-hybridized carbons (Fsp3) is 0.429. The van der Waals surface area contributed by atoms with Crippen LogP contribution in [0, 0.1) is 5.82 Å². The highest BCUT2D eigenvalue weighted by molar-refractivity contribution is 5.26. The van der Waals surface area contributed by atoms with E-state index in [-0.39, 0.29) is 12.6 Å². The largest absolute Gasteiger partial charge is 0.416 e. The second-order valence-corrected chi connectivity index (χ2v) is 4.71. The molecule has 19 heavy (non-hydrogen) atoms. The van der Waals surface area contributed by atoms with Gasteiger partial charge in [-0.25, -0.2) is 4.39 Å². The Balaban J connectivity index is 2.03. The molecular weight excluding hydrogens is 258 g/mol. The average Bonchev–Trinajstić information content (AvgIpc) is 2.36. The number of alkyl halides is 3. The SMILES string of the molecule is Fc1cc(CNC2CC=CCC2)cc(C(F)(F)F)c1. The Hall–Kier alpha value is -1.36. The van der Waals surface area contributed by atoms with E-state index < -0.39 is 17.6 Å². The third kappa shape index (κ3) is 4.06. The summed E-state index contributed by atoms with van der Waals surface area (Å²) < 4.78 is 50.8. The number of halogens is 4. The Bertz CT molecular complexity index is 465. The Labute approximate surface area is 109 Å².